The number of hydrogen-bond donors (Lipinski definition) is 2. The summed E-state index contributed by atoms with van der Waals surface area (Å²) in [6.45, 7) is 2.00. The van der Waals surface area contributed by atoms with Gasteiger partial charge in [0.15, 0.2) is 0 Å². The lowest BCUT2D eigenvalue weighted by Crippen LogP contribution is -1.98. The quantitative estimate of drug-likeness (QED) is 0.787. The minimum Gasteiger partial charge on any atom is -0.399 e. The van der Waals surface area contributed by atoms with Crippen molar-refractivity contribution in [3.05, 3.63) is 42.2 Å². The van der Waals surface area contributed by atoms with Gasteiger partial charge in [0.05, 0.1) is 0 Å². The molecule has 0 atom stereocenters. The average Bonchev–Trinajstić information content (AvgIpc) is 2.25. The highest BCUT2D eigenvalue weighted by molar-refractivity contribution is 5.85. The molecule has 0 spiro atoms. The number of nitrogens with two attached hydrogens (primary N) is 1. The molecule has 0 radical (unpaired) electrons. The van der Waals surface area contributed by atoms with E-state index in [-0.39, 0.29) is 12.4 Å². The molecule has 1 heterocycles. The third-order valence-electron chi connectivity index (χ3n) is 2.07. The van der Waals surface area contributed by atoms with Gasteiger partial charge in [0.25, 0.3) is 0 Å². The van der Waals surface area contributed by atoms with Crippen LogP contribution in [0.15, 0.2) is 36.7 Å². The minimum absolute atomic E-state index is 0. The van der Waals surface area contributed by atoms with E-state index in [0.29, 0.717) is 5.95 Å². The SMILES string of the molecule is Cc1ccc(N)cc1Nc1ncccn1.Cl. The van der Waals surface area contributed by atoms with Crippen LogP contribution in [0.4, 0.5) is 17.3 Å². The van der Waals surface area contributed by atoms with Crippen molar-refractivity contribution < 1.29 is 0 Å². The van der Waals surface area contributed by atoms with E-state index in [1.807, 2.05) is 25.1 Å². The third-order valence-corrected chi connectivity index (χ3v) is 2.07. The van der Waals surface area contributed by atoms with Crippen molar-refractivity contribution in [1.29, 1.82) is 0 Å². The van der Waals surface area contributed by atoms with Gasteiger partial charge in [-0.1, -0.05) is 6.07 Å². The lowest BCUT2D eigenvalue weighted by molar-refractivity contribution is 1.16. The van der Waals surface area contributed by atoms with E-state index in [4.69, 9.17) is 5.73 Å². The molecule has 0 aliphatic carbocycles. The molecular formula is C11H13ClN4. The number of anilines is 3. The second-order valence-electron chi connectivity index (χ2n) is 3.27. The van der Waals surface area contributed by atoms with Gasteiger partial charge in [-0.15, -0.1) is 12.4 Å². The fraction of sp³-hybridized carbons (Fsp3) is 0.0909. The summed E-state index contributed by atoms with van der Waals surface area (Å²) in [5.74, 6) is 0.575. The molecule has 0 fully saturated rings. The Morgan fingerprint density at radius 2 is 1.88 bits per heavy atom. The first kappa shape index (κ1) is 12.3. The predicted octanol–water partition coefficient (Wildman–Crippen LogP) is 2.53. The van der Waals surface area contributed by atoms with Gasteiger partial charge in [0.1, 0.15) is 0 Å². The Morgan fingerprint density at radius 3 is 2.56 bits per heavy atom. The maximum Gasteiger partial charge on any atom is 0.227 e. The summed E-state index contributed by atoms with van der Waals surface area (Å²) in [4.78, 5) is 8.16. The molecule has 0 bridgehead atoms. The van der Waals surface area contributed by atoms with Crippen LogP contribution in [0.5, 0.6) is 0 Å². The fourth-order valence-corrected chi connectivity index (χ4v) is 1.26. The molecule has 0 unspecified atom stereocenters. The first-order valence-corrected chi connectivity index (χ1v) is 4.66. The van der Waals surface area contributed by atoms with E-state index in [0.717, 1.165) is 16.9 Å². The van der Waals surface area contributed by atoms with Crippen LogP contribution in [0.2, 0.25) is 0 Å². The van der Waals surface area contributed by atoms with Gasteiger partial charge >= 0.3 is 0 Å². The number of rotatable bonds is 2. The van der Waals surface area contributed by atoms with Crippen LogP contribution in [0, 0.1) is 6.92 Å². The summed E-state index contributed by atoms with van der Waals surface area (Å²) in [5, 5.41) is 3.11. The van der Waals surface area contributed by atoms with Crippen LogP contribution in [-0.2, 0) is 0 Å². The van der Waals surface area contributed by atoms with E-state index < -0.39 is 0 Å². The molecule has 0 aliphatic heterocycles. The molecule has 2 rings (SSSR count). The summed E-state index contributed by atoms with van der Waals surface area (Å²) in [6.07, 6.45) is 3.38. The van der Waals surface area contributed by atoms with Crippen LogP contribution in [0.3, 0.4) is 0 Å². The normalized spacial score (nSPS) is 9.31. The number of benzene rings is 1. The Labute approximate surface area is 100 Å². The Balaban J connectivity index is 0.00000128. The lowest BCUT2D eigenvalue weighted by Gasteiger charge is -2.08. The first-order valence-electron chi connectivity index (χ1n) is 4.66. The molecule has 5 heteroatoms. The highest BCUT2D eigenvalue weighted by Crippen LogP contribution is 2.20. The summed E-state index contributed by atoms with van der Waals surface area (Å²) >= 11 is 0. The van der Waals surface area contributed by atoms with Crippen molar-refractivity contribution in [3.8, 4) is 0 Å². The van der Waals surface area contributed by atoms with E-state index >= 15 is 0 Å². The predicted molar refractivity (Wildman–Crippen MR) is 68.2 cm³/mol. The first-order chi connectivity index (χ1) is 7.25. The number of nitrogen functional groups attached to an aromatic ring is 1. The van der Waals surface area contributed by atoms with E-state index in [2.05, 4.69) is 15.3 Å². The second-order valence-corrected chi connectivity index (χ2v) is 3.27. The molecule has 4 nitrogen and oxygen atoms in total. The monoisotopic (exact) mass is 236 g/mol. The van der Waals surface area contributed by atoms with Gasteiger partial charge in [-0.3, -0.25) is 0 Å². The maximum atomic E-state index is 5.70. The highest BCUT2D eigenvalue weighted by Gasteiger charge is 2.00. The van der Waals surface area contributed by atoms with Crippen LogP contribution in [-0.4, -0.2) is 9.97 Å². The van der Waals surface area contributed by atoms with Gasteiger partial charge in [0.2, 0.25) is 5.95 Å². The Kier molecular flexibility index (Phi) is 4.08. The summed E-state index contributed by atoms with van der Waals surface area (Å²) in [5.41, 5.74) is 8.46. The van der Waals surface area contributed by atoms with Crippen LogP contribution >= 0.6 is 12.4 Å². The molecule has 0 amide bonds. The van der Waals surface area contributed by atoms with Crippen molar-refractivity contribution in [1.82, 2.24) is 9.97 Å². The van der Waals surface area contributed by atoms with E-state index in [9.17, 15) is 0 Å². The van der Waals surface area contributed by atoms with Crippen LogP contribution < -0.4 is 11.1 Å². The van der Waals surface area contributed by atoms with Gasteiger partial charge in [0, 0.05) is 23.8 Å². The summed E-state index contributed by atoms with van der Waals surface area (Å²) in [6, 6.07) is 7.47. The van der Waals surface area contributed by atoms with E-state index in [1.165, 1.54) is 0 Å². The topological polar surface area (TPSA) is 63.8 Å². The molecule has 3 N–H and O–H groups in total. The third kappa shape index (κ3) is 2.84. The van der Waals surface area contributed by atoms with Gasteiger partial charge < -0.3 is 11.1 Å². The van der Waals surface area contributed by atoms with Gasteiger partial charge in [-0.25, -0.2) is 9.97 Å². The largest absolute Gasteiger partial charge is 0.399 e. The number of nitrogens with one attached hydrogen (secondary N) is 1. The molecule has 0 saturated heterocycles. The fourth-order valence-electron chi connectivity index (χ4n) is 1.26. The molecule has 84 valence electrons. The molecule has 2 aromatic rings. The lowest BCUT2D eigenvalue weighted by atomic mass is 10.2. The van der Waals surface area contributed by atoms with Crippen LogP contribution in [0.1, 0.15) is 5.56 Å². The van der Waals surface area contributed by atoms with Crippen molar-refractivity contribution in [2.75, 3.05) is 11.1 Å². The van der Waals surface area contributed by atoms with Gasteiger partial charge in [-0.05, 0) is 30.7 Å². The molecular weight excluding hydrogens is 224 g/mol. The van der Waals surface area contributed by atoms with Gasteiger partial charge in [-0.2, -0.15) is 0 Å². The Bertz CT molecular complexity index is 459. The Morgan fingerprint density at radius 1 is 1.19 bits per heavy atom. The van der Waals surface area contributed by atoms with Crippen molar-refractivity contribution in [2.45, 2.75) is 6.92 Å². The van der Waals surface area contributed by atoms with E-state index in [1.54, 1.807) is 18.5 Å². The molecule has 1 aromatic heterocycles. The van der Waals surface area contributed by atoms with Crippen molar-refractivity contribution in [2.24, 2.45) is 0 Å². The second kappa shape index (κ2) is 5.32. The molecule has 0 saturated carbocycles. The number of nitrogens with zero attached hydrogens (tertiary/aromatic N) is 2. The number of aryl methyl sites for hydroxylation is 1. The standard InChI is InChI=1S/C11H12N4.ClH/c1-8-3-4-9(12)7-10(8)15-11-13-5-2-6-14-11;/h2-7H,12H2,1H3,(H,13,14,15);1H. The van der Waals surface area contributed by atoms with Crippen LogP contribution in [0.25, 0.3) is 0 Å². The smallest absolute Gasteiger partial charge is 0.227 e. The number of aromatic nitrogens is 2. The Hall–Kier alpha value is -1.81. The van der Waals surface area contributed by atoms with Crippen molar-refractivity contribution >= 4 is 29.7 Å². The number of hydrogen-bond acceptors (Lipinski definition) is 4. The maximum absolute atomic E-state index is 5.70. The average molecular weight is 237 g/mol. The zero-order valence-electron chi connectivity index (χ0n) is 8.84. The molecule has 1 aromatic carbocycles. The molecule has 16 heavy (non-hydrogen) atoms. The number of halogens is 1. The minimum atomic E-state index is 0. The summed E-state index contributed by atoms with van der Waals surface area (Å²) in [7, 11) is 0. The molecule has 0 aliphatic rings. The zero-order chi connectivity index (χ0) is 10.7. The van der Waals surface area contributed by atoms with Crippen molar-refractivity contribution in [3.63, 3.8) is 0 Å². The highest BCUT2D eigenvalue weighted by atomic mass is 35.5. The summed E-state index contributed by atoms with van der Waals surface area (Å²) < 4.78 is 0. The zero-order valence-corrected chi connectivity index (χ0v) is 9.66.